The molecule has 0 aromatic heterocycles. The van der Waals surface area contributed by atoms with Crippen molar-refractivity contribution in [3.8, 4) is 0 Å². The van der Waals surface area contributed by atoms with Gasteiger partial charge in [0.15, 0.2) is 6.10 Å². The van der Waals surface area contributed by atoms with Crippen LogP contribution in [0.1, 0.15) is 16.0 Å². The lowest BCUT2D eigenvalue weighted by molar-refractivity contribution is -0.154. The number of alkyl halides is 1. The highest BCUT2D eigenvalue weighted by atomic mass is 79.9. The number of ether oxygens (including phenoxy) is 1. The average Bonchev–Trinajstić information content (AvgIpc) is 2.53. The van der Waals surface area contributed by atoms with Gasteiger partial charge < -0.3 is 9.84 Å². The Labute approximate surface area is 126 Å². The number of rotatable bonds is 5. The van der Waals surface area contributed by atoms with Crippen LogP contribution >= 0.6 is 15.9 Å². The van der Waals surface area contributed by atoms with E-state index in [0.717, 1.165) is 11.1 Å². The Bertz CT molecular complexity index is 542. The van der Waals surface area contributed by atoms with E-state index in [0.29, 0.717) is 0 Å². The Morgan fingerprint density at radius 3 is 2.20 bits per heavy atom. The molecule has 2 rings (SSSR count). The van der Waals surface area contributed by atoms with Crippen LogP contribution < -0.4 is 0 Å². The standard InChI is InChI=1S/C16H15BrO3/c17-14(13-9-5-2-6-10-13)15(18)16(19)20-11-12-7-3-1-4-8-12/h1-10,14-15,18H,11H2/t14-,15-/m1/s1. The minimum atomic E-state index is -1.24. The van der Waals surface area contributed by atoms with Gasteiger partial charge in [0.25, 0.3) is 0 Å². The van der Waals surface area contributed by atoms with E-state index in [2.05, 4.69) is 15.9 Å². The molecule has 3 nitrogen and oxygen atoms in total. The molecule has 0 aliphatic carbocycles. The topological polar surface area (TPSA) is 46.5 Å². The lowest BCUT2D eigenvalue weighted by Crippen LogP contribution is -2.27. The van der Waals surface area contributed by atoms with Crippen molar-refractivity contribution in [1.29, 1.82) is 0 Å². The molecule has 0 radical (unpaired) electrons. The first-order valence-electron chi connectivity index (χ1n) is 6.26. The second-order valence-corrected chi connectivity index (χ2v) is 5.34. The summed E-state index contributed by atoms with van der Waals surface area (Å²) in [4.78, 5) is 11.3. The second kappa shape index (κ2) is 7.22. The molecule has 104 valence electrons. The number of aliphatic hydroxyl groups excluding tert-OH is 1. The summed E-state index contributed by atoms with van der Waals surface area (Å²) < 4.78 is 5.11. The van der Waals surface area contributed by atoms with Gasteiger partial charge in [0.05, 0.1) is 4.83 Å². The first-order chi connectivity index (χ1) is 9.68. The molecule has 0 spiro atoms. The van der Waals surface area contributed by atoms with E-state index < -0.39 is 16.9 Å². The summed E-state index contributed by atoms with van der Waals surface area (Å²) in [6.45, 7) is 0.158. The molecule has 0 saturated heterocycles. The van der Waals surface area contributed by atoms with Gasteiger partial charge in [-0.25, -0.2) is 4.79 Å². The summed E-state index contributed by atoms with van der Waals surface area (Å²) in [5.41, 5.74) is 1.72. The fraction of sp³-hybridized carbons (Fsp3) is 0.188. The van der Waals surface area contributed by atoms with Crippen molar-refractivity contribution in [2.24, 2.45) is 0 Å². The number of benzene rings is 2. The normalized spacial score (nSPS) is 13.5. The van der Waals surface area contributed by atoms with Gasteiger partial charge in [0.1, 0.15) is 6.61 Å². The summed E-state index contributed by atoms with van der Waals surface area (Å²) in [6, 6.07) is 18.6. The van der Waals surface area contributed by atoms with Crippen molar-refractivity contribution < 1.29 is 14.6 Å². The molecule has 20 heavy (non-hydrogen) atoms. The van der Waals surface area contributed by atoms with E-state index in [1.54, 1.807) is 0 Å². The maximum absolute atomic E-state index is 11.8. The van der Waals surface area contributed by atoms with Gasteiger partial charge >= 0.3 is 5.97 Å². The van der Waals surface area contributed by atoms with E-state index in [1.807, 2.05) is 60.7 Å². The molecule has 0 amide bonds. The molecule has 2 aromatic carbocycles. The first kappa shape index (κ1) is 14.8. The van der Waals surface area contributed by atoms with E-state index in [1.165, 1.54) is 0 Å². The number of halogens is 1. The Kier molecular flexibility index (Phi) is 5.32. The molecule has 0 unspecified atom stereocenters. The van der Waals surface area contributed by atoms with Gasteiger partial charge in [-0.15, -0.1) is 0 Å². The number of hydrogen-bond donors (Lipinski definition) is 1. The summed E-state index contributed by atoms with van der Waals surface area (Å²) in [5.74, 6) is -0.639. The Balaban J connectivity index is 1.92. The quantitative estimate of drug-likeness (QED) is 0.674. The van der Waals surface area contributed by atoms with Crippen LogP contribution in [0.3, 0.4) is 0 Å². The van der Waals surface area contributed by atoms with E-state index in [4.69, 9.17) is 4.74 Å². The van der Waals surface area contributed by atoms with E-state index >= 15 is 0 Å². The summed E-state index contributed by atoms with van der Waals surface area (Å²) >= 11 is 3.33. The van der Waals surface area contributed by atoms with Gasteiger partial charge in [0, 0.05) is 0 Å². The smallest absolute Gasteiger partial charge is 0.336 e. The maximum atomic E-state index is 11.8. The molecular formula is C16H15BrO3. The molecule has 0 heterocycles. The predicted octanol–water partition coefficient (Wildman–Crippen LogP) is 3.23. The first-order valence-corrected chi connectivity index (χ1v) is 7.17. The van der Waals surface area contributed by atoms with Gasteiger partial charge in [-0.1, -0.05) is 76.6 Å². The van der Waals surface area contributed by atoms with Crippen LogP contribution in [-0.4, -0.2) is 17.2 Å². The highest BCUT2D eigenvalue weighted by molar-refractivity contribution is 9.09. The highest BCUT2D eigenvalue weighted by Gasteiger charge is 2.26. The fourth-order valence-electron chi connectivity index (χ4n) is 1.75. The molecule has 2 aromatic rings. The van der Waals surface area contributed by atoms with Crippen LogP contribution in [0, 0.1) is 0 Å². The maximum Gasteiger partial charge on any atom is 0.336 e. The van der Waals surface area contributed by atoms with Crippen LogP contribution in [0.15, 0.2) is 60.7 Å². The molecule has 0 aliphatic heterocycles. The van der Waals surface area contributed by atoms with Crippen LogP contribution in [0.25, 0.3) is 0 Å². The van der Waals surface area contributed by atoms with Crippen LogP contribution in [-0.2, 0) is 16.1 Å². The Morgan fingerprint density at radius 2 is 1.60 bits per heavy atom. The van der Waals surface area contributed by atoms with Crippen molar-refractivity contribution in [2.75, 3.05) is 0 Å². The molecule has 0 bridgehead atoms. The largest absolute Gasteiger partial charge is 0.459 e. The zero-order chi connectivity index (χ0) is 14.4. The lowest BCUT2D eigenvalue weighted by atomic mass is 10.1. The van der Waals surface area contributed by atoms with Crippen molar-refractivity contribution in [2.45, 2.75) is 17.5 Å². The van der Waals surface area contributed by atoms with Gasteiger partial charge in [0.2, 0.25) is 0 Å². The zero-order valence-corrected chi connectivity index (χ0v) is 12.4. The number of esters is 1. The lowest BCUT2D eigenvalue weighted by Gasteiger charge is -2.16. The van der Waals surface area contributed by atoms with Gasteiger partial charge in [-0.2, -0.15) is 0 Å². The van der Waals surface area contributed by atoms with Crippen molar-refractivity contribution in [1.82, 2.24) is 0 Å². The van der Waals surface area contributed by atoms with Gasteiger partial charge in [-0.05, 0) is 11.1 Å². The average molecular weight is 335 g/mol. The zero-order valence-electron chi connectivity index (χ0n) is 10.8. The van der Waals surface area contributed by atoms with Crippen molar-refractivity contribution in [3.63, 3.8) is 0 Å². The third kappa shape index (κ3) is 3.92. The number of carbonyl (C=O) groups is 1. The Morgan fingerprint density at radius 1 is 1.05 bits per heavy atom. The summed E-state index contributed by atoms with van der Waals surface area (Å²) in [6.07, 6.45) is -1.24. The third-order valence-electron chi connectivity index (χ3n) is 2.86. The number of carbonyl (C=O) groups excluding carboxylic acids is 1. The highest BCUT2D eigenvalue weighted by Crippen LogP contribution is 2.27. The van der Waals surface area contributed by atoms with Crippen LogP contribution in [0.5, 0.6) is 0 Å². The molecular weight excluding hydrogens is 320 g/mol. The number of hydrogen-bond acceptors (Lipinski definition) is 3. The monoisotopic (exact) mass is 334 g/mol. The second-order valence-electron chi connectivity index (χ2n) is 4.35. The molecule has 0 fully saturated rings. The number of aliphatic hydroxyl groups is 1. The minimum Gasteiger partial charge on any atom is -0.459 e. The SMILES string of the molecule is O=C(OCc1ccccc1)[C@H](O)[C@H](Br)c1ccccc1. The summed E-state index contributed by atoms with van der Waals surface area (Å²) in [7, 11) is 0. The van der Waals surface area contributed by atoms with Crippen molar-refractivity contribution in [3.05, 3.63) is 71.8 Å². The molecule has 0 aliphatic rings. The summed E-state index contributed by atoms with van der Waals surface area (Å²) in [5, 5.41) is 10.00. The molecule has 1 N–H and O–H groups in total. The fourth-order valence-corrected chi connectivity index (χ4v) is 2.27. The molecule has 0 saturated carbocycles. The van der Waals surface area contributed by atoms with Gasteiger partial charge in [-0.3, -0.25) is 0 Å². The predicted molar refractivity (Wildman–Crippen MR) is 80.4 cm³/mol. The van der Waals surface area contributed by atoms with E-state index in [9.17, 15) is 9.90 Å². The van der Waals surface area contributed by atoms with Crippen molar-refractivity contribution >= 4 is 21.9 Å². The molecule has 4 heteroatoms. The minimum absolute atomic E-state index is 0.158. The van der Waals surface area contributed by atoms with Crippen LogP contribution in [0.4, 0.5) is 0 Å². The molecule has 2 atom stereocenters. The Hall–Kier alpha value is -1.65. The van der Waals surface area contributed by atoms with Crippen LogP contribution in [0.2, 0.25) is 0 Å². The third-order valence-corrected chi connectivity index (χ3v) is 3.89. The van der Waals surface area contributed by atoms with E-state index in [-0.39, 0.29) is 6.61 Å².